The van der Waals surface area contributed by atoms with Gasteiger partial charge in [-0.05, 0) is 19.4 Å². The average Bonchev–Trinajstić information content (AvgIpc) is 3.24. The van der Waals surface area contributed by atoms with E-state index in [0.717, 1.165) is 16.3 Å². The second-order valence-electron chi connectivity index (χ2n) is 5.94. The highest BCUT2D eigenvalue weighted by atomic mass is 32.2. The van der Waals surface area contributed by atoms with Gasteiger partial charge >= 0.3 is 0 Å². The molecule has 3 rings (SSSR count). The highest BCUT2D eigenvalue weighted by Crippen LogP contribution is 2.24. The first kappa shape index (κ1) is 18.6. The summed E-state index contributed by atoms with van der Waals surface area (Å²) in [5.41, 5.74) is 2.01. The van der Waals surface area contributed by atoms with Gasteiger partial charge in [0.15, 0.2) is 0 Å². The standard InChI is InChI=1S/C18H20N4O2S2/c1-12(17(23)22(3)10-14-7-5-4-6-8-14)26-18-21-20-16(24-18)9-15-11-25-13(2)19-15/h4-8,11-12H,9-10H2,1-3H3. The maximum Gasteiger partial charge on any atom is 0.277 e. The van der Waals surface area contributed by atoms with E-state index in [1.165, 1.54) is 11.8 Å². The molecule has 26 heavy (non-hydrogen) atoms. The summed E-state index contributed by atoms with van der Waals surface area (Å²) in [7, 11) is 1.80. The van der Waals surface area contributed by atoms with Crippen LogP contribution < -0.4 is 0 Å². The van der Waals surface area contributed by atoms with Gasteiger partial charge in [-0.3, -0.25) is 4.79 Å². The smallest absolute Gasteiger partial charge is 0.277 e. The van der Waals surface area contributed by atoms with Gasteiger partial charge in [0.25, 0.3) is 5.22 Å². The molecule has 1 atom stereocenters. The SMILES string of the molecule is Cc1nc(Cc2nnc(SC(C)C(=O)N(C)Cc3ccccc3)o2)cs1. The van der Waals surface area contributed by atoms with E-state index >= 15 is 0 Å². The number of aromatic nitrogens is 3. The molecule has 1 unspecified atom stereocenters. The summed E-state index contributed by atoms with van der Waals surface area (Å²) in [6.07, 6.45) is 0.508. The van der Waals surface area contributed by atoms with Crippen LogP contribution in [0.5, 0.6) is 0 Å². The maximum atomic E-state index is 12.6. The zero-order valence-electron chi connectivity index (χ0n) is 14.9. The molecule has 0 saturated carbocycles. The predicted molar refractivity (Wildman–Crippen MR) is 102 cm³/mol. The van der Waals surface area contributed by atoms with E-state index in [-0.39, 0.29) is 11.2 Å². The van der Waals surface area contributed by atoms with Gasteiger partial charge in [0.05, 0.1) is 22.4 Å². The lowest BCUT2D eigenvalue weighted by Crippen LogP contribution is -2.32. The normalized spacial score (nSPS) is 12.1. The van der Waals surface area contributed by atoms with Crippen LogP contribution in [0.15, 0.2) is 45.4 Å². The molecule has 0 aliphatic heterocycles. The number of hydrogen-bond acceptors (Lipinski definition) is 7. The van der Waals surface area contributed by atoms with Gasteiger partial charge < -0.3 is 9.32 Å². The third kappa shape index (κ3) is 4.92. The lowest BCUT2D eigenvalue weighted by atomic mass is 10.2. The molecule has 1 amide bonds. The maximum absolute atomic E-state index is 12.6. The number of thiazole rings is 1. The number of rotatable bonds is 7. The Morgan fingerprint density at radius 1 is 1.31 bits per heavy atom. The molecular weight excluding hydrogens is 368 g/mol. The molecule has 0 saturated heterocycles. The lowest BCUT2D eigenvalue weighted by molar-refractivity contribution is -0.129. The van der Waals surface area contributed by atoms with Gasteiger partial charge in [0, 0.05) is 19.0 Å². The third-order valence-corrected chi connectivity index (χ3v) is 5.46. The molecule has 2 aromatic heterocycles. The van der Waals surface area contributed by atoms with Crippen LogP contribution in [0, 0.1) is 6.92 Å². The van der Waals surface area contributed by atoms with E-state index in [1.54, 1.807) is 23.3 Å². The molecule has 1 aromatic carbocycles. The number of benzene rings is 1. The molecule has 136 valence electrons. The van der Waals surface area contributed by atoms with Crippen LogP contribution in [0.3, 0.4) is 0 Å². The predicted octanol–water partition coefficient (Wildman–Crippen LogP) is 3.56. The number of carbonyl (C=O) groups excluding carboxylic acids is 1. The van der Waals surface area contributed by atoms with Crippen molar-refractivity contribution in [2.75, 3.05) is 7.05 Å². The Labute approximate surface area is 160 Å². The van der Waals surface area contributed by atoms with Crippen molar-refractivity contribution < 1.29 is 9.21 Å². The minimum atomic E-state index is -0.307. The zero-order chi connectivity index (χ0) is 18.5. The fraction of sp³-hybridized carbons (Fsp3) is 0.333. The summed E-state index contributed by atoms with van der Waals surface area (Å²) in [6.45, 7) is 4.38. The Hall–Kier alpha value is -2.19. The molecule has 0 fully saturated rings. The number of aryl methyl sites for hydroxylation is 1. The van der Waals surface area contributed by atoms with Gasteiger partial charge in [-0.2, -0.15) is 0 Å². The fourth-order valence-corrected chi connectivity index (χ4v) is 3.88. The van der Waals surface area contributed by atoms with E-state index in [2.05, 4.69) is 15.2 Å². The first-order chi connectivity index (χ1) is 12.5. The van der Waals surface area contributed by atoms with Crippen molar-refractivity contribution in [3.8, 4) is 0 Å². The van der Waals surface area contributed by atoms with Crippen molar-refractivity contribution >= 4 is 29.0 Å². The van der Waals surface area contributed by atoms with Crippen LogP contribution in [0.2, 0.25) is 0 Å². The van der Waals surface area contributed by atoms with Gasteiger partial charge in [-0.1, -0.05) is 42.1 Å². The second kappa shape index (κ2) is 8.46. The van der Waals surface area contributed by atoms with Crippen molar-refractivity contribution in [3.63, 3.8) is 0 Å². The molecule has 0 radical (unpaired) electrons. The van der Waals surface area contributed by atoms with E-state index in [4.69, 9.17) is 4.42 Å². The summed E-state index contributed by atoms with van der Waals surface area (Å²) < 4.78 is 5.65. The minimum absolute atomic E-state index is 0.0220. The van der Waals surface area contributed by atoms with Crippen LogP contribution in [-0.2, 0) is 17.8 Å². The molecule has 0 aliphatic carbocycles. The minimum Gasteiger partial charge on any atom is -0.416 e. The molecule has 0 spiro atoms. The number of thioether (sulfide) groups is 1. The Balaban J connectivity index is 1.55. The highest BCUT2D eigenvalue weighted by molar-refractivity contribution is 8.00. The Kier molecular flexibility index (Phi) is 6.05. The summed E-state index contributed by atoms with van der Waals surface area (Å²) >= 11 is 2.87. The molecule has 0 bridgehead atoms. The summed E-state index contributed by atoms with van der Waals surface area (Å²) in [5.74, 6) is 0.531. The van der Waals surface area contributed by atoms with Gasteiger partial charge in [0.1, 0.15) is 0 Å². The van der Waals surface area contributed by atoms with E-state index in [9.17, 15) is 4.79 Å². The summed E-state index contributed by atoms with van der Waals surface area (Å²) in [4.78, 5) is 18.7. The fourth-order valence-electron chi connectivity index (χ4n) is 2.45. The van der Waals surface area contributed by atoms with Crippen LogP contribution in [0.1, 0.15) is 29.1 Å². The first-order valence-corrected chi connectivity index (χ1v) is 9.96. The molecule has 6 nitrogen and oxygen atoms in total. The summed E-state index contributed by atoms with van der Waals surface area (Å²) in [6, 6.07) is 9.91. The topological polar surface area (TPSA) is 72.1 Å². The van der Waals surface area contributed by atoms with Gasteiger partial charge in [-0.15, -0.1) is 21.5 Å². The van der Waals surface area contributed by atoms with E-state index < -0.39 is 0 Å². The zero-order valence-corrected chi connectivity index (χ0v) is 16.5. The molecule has 3 aromatic rings. The quantitative estimate of drug-likeness (QED) is 0.576. The molecule has 0 N–H and O–H groups in total. The van der Waals surface area contributed by atoms with Gasteiger partial charge in [-0.25, -0.2) is 4.98 Å². The first-order valence-electron chi connectivity index (χ1n) is 8.20. The van der Waals surface area contributed by atoms with Crippen molar-refractivity contribution in [1.82, 2.24) is 20.1 Å². The molecule has 2 heterocycles. The number of amides is 1. The van der Waals surface area contributed by atoms with Crippen LogP contribution in [-0.4, -0.2) is 38.3 Å². The van der Waals surface area contributed by atoms with Crippen molar-refractivity contribution in [3.05, 3.63) is 57.9 Å². The number of carbonyl (C=O) groups is 1. The van der Waals surface area contributed by atoms with Crippen LogP contribution in [0.25, 0.3) is 0 Å². The third-order valence-electron chi connectivity index (χ3n) is 3.71. The Morgan fingerprint density at radius 2 is 2.08 bits per heavy atom. The lowest BCUT2D eigenvalue weighted by Gasteiger charge is -2.20. The van der Waals surface area contributed by atoms with Crippen LogP contribution in [0.4, 0.5) is 0 Å². The number of hydrogen-bond donors (Lipinski definition) is 0. The highest BCUT2D eigenvalue weighted by Gasteiger charge is 2.22. The second-order valence-corrected chi connectivity index (χ2v) is 8.29. The van der Waals surface area contributed by atoms with E-state index in [1.807, 2.05) is 49.6 Å². The number of nitrogens with zero attached hydrogens (tertiary/aromatic N) is 4. The van der Waals surface area contributed by atoms with Gasteiger partial charge in [0.2, 0.25) is 11.8 Å². The summed E-state index contributed by atoms with van der Waals surface area (Å²) in [5, 5.41) is 11.2. The Morgan fingerprint density at radius 3 is 2.77 bits per heavy atom. The molecule has 0 aliphatic rings. The molecular formula is C18H20N4O2S2. The average molecular weight is 389 g/mol. The monoisotopic (exact) mass is 388 g/mol. The largest absolute Gasteiger partial charge is 0.416 e. The van der Waals surface area contributed by atoms with Crippen molar-refractivity contribution in [2.45, 2.75) is 37.3 Å². The van der Waals surface area contributed by atoms with Crippen LogP contribution >= 0.6 is 23.1 Å². The van der Waals surface area contributed by atoms with Crippen molar-refractivity contribution in [1.29, 1.82) is 0 Å². The Bertz CT molecular complexity index is 863. The van der Waals surface area contributed by atoms with E-state index in [0.29, 0.717) is 24.1 Å². The van der Waals surface area contributed by atoms with Crippen molar-refractivity contribution in [2.24, 2.45) is 0 Å². The molecule has 8 heteroatoms.